The van der Waals surface area contributed by atoms with E-state index in [1.54, 1.807) is 17.0 Å². The molecule has 0 bridgehead atoms. The first-order valence-corrected chi connectivity index (χ1v) is 9.81. The van der Waals surface area contributed by atoms with Gasteiger partial charge in [0.05, 0.1) is 4.90 Å². The predicted molar refractivity (Wildman–Crippen MR) is 94.2 cm³/mol. The summed E-state index contributed by atoms with van der Waals surface area (Å²) >= 11 is 0. The molecule has 134 valence electrons. The number of carbonyl (C=O) groups excluding carboxylic acids is 1. The number of carbonyl (C=O) groups is 1. The number of rotatable bonds is 6. The highest BCUT2D eigenvalue weighted by Gasteiger charge is 2.35. The van der Waals surface area contributed by atoms with Crippen LogP contribution >= 0.6 is 0 Å². The molecular weight excluding hydrogens is 326 g/mol. The van der Waals surface area contributed by atoms with Crippen molar-refractivity contribution in [2.75, 3.05) is 19.6 Å². The minimum atomic E-state index is -3.55. The van der Waals surface area contributed by atoms with Gasteiger partial charge in [-0.3, -0.25) is 4.79 Å². The molecule has 0 saturated carbocycles. The second-order valence-electron chi connectivity index (χ2n) is 6.95. The Morgan fingerprint density at radius 2 is 2.00 bits per heavy atom. The van der Waals surface area contributed by atoms with Crippen molar-refractivity contribution in [3.63, 3.8) is 0 Å². The number of nitrogens with two attached hydrogens (primary N) is 1. The molecule has 1 aromatic carbocycles. The molecule has 1 fully saturated rings. The number of nitrogens with one attached hydrogen (secondary N) is 1. The highest BCUT2D eigenvalue weighted by atomic mass is 32.2. The number of benzene rings is 1. The summed E-state index contributed by atoms with van der Waals surface area (Å²) in [6.07, 6.45) is 1.60. The first-order valence-electron chi connectivity index (χ1n) is 8.32. The van der Waals surface area contributed by atoms with Crippen LogP contribution in [-0.2, 0) is 10.0 Å². The summed E-state index contributed by atoms with van der Waals surface area (Å²) in [5.74, 6) is -0.0778. The second kappa shape index (κ2) is 7.21. The number of sulfonamides is 1. The zero-order valence-corrected chi connectivity index (χ0v) is 15.4. The molecule has 24 heavy (non-hydrogen) atoms. The van der Waals surface area contributed by atoms with E-state index in [2.05, 4.69) is 11.6 Å². The molecule has 2 unspecified atom stereocenters. The molecule has 1 aromatic rings. The summed E-state index contributed by atoms with van der Waals surface area (Å²) in [6, 6.07) is 5.98. The Hall–Kier alpha value is -1.44. The highest BCUT2D eigenvalue weighted by Crippen LogP contribution is 2.29. The van der Waals surface area contributed by atoms with Crippen LogP contribution < -0.4 is 10.5 Å². The van der Waals surface area contributed by atoms with Crippen molar-refractivity contribution in [3.8, 4) is 0 Å². The zero-order chi connectivity index (χ0) is 18.0. The fourth-order valence-corrected chi connectivity index (χ4v) is 4.07. The minimum absolute atomic E-state index is 0.0286. The first kappa shape index (κ1) is 18.9. The molecule has 0 spiro atoms. The maximum Gasteiger partial charge on any atom is 0.253 e. The van der Waals surface area contributed by atoms with E-state index in [1.807, 2.05) is 13.8 Å². The van der Waals surface area contributed by atoms with Crippen LogP contribution in [0.3, 0.4) is 0 Å². The maximum atomic E-state index is 12.6. The number of hydrogen-bond acceptors (Lipinski definition) is 4. The smallest absolute Gasteiger partial charge is 0.253 e. The number of hydrogen-bond donors (Lipinski definition) is 2. The molecule has 0 aliphatic carbocycles. The summed E-state index contributed by atoms with van der Waals surface area (Å²) in [6.45, 7) is 7.68. The summed E-state index contributed by atoms with van der Waals surface area (Å²) in [5, 5.41) is 0. The van der Waals surface area contributed by atoms with Gasteiger partial charge in [-0.15, -0.1) is 0 Å². The van der Waals surface area contributed by atoms with Gasteiger partial charge < -0.3 is 10.6 Å². The lowest BCUT2D eigenvalue weighted by atomic mass is 9.90. The molecule has 0 radical (unpaired) electrons. The zero-order valence-electron chi connectivity index (χ0n) is 14.6. The van der Waals surface area contributed by atoms with Crippen LogP contribution in [0.4, 0.5) is 0 Å². The van der Waals surface area contributed by atoms with Crippen molar-refractivity contribution in [2.45, 2.75) is 44.6 Å². The van der Waals surface area contributed by atoms with Gasteiger partial charge in [-0.25, -0.2) is 13.1 Å². The predicted octanol–water partition coefficient (Wildman–Crippen LogP) is 1.57. The Morgan fingerprint density at radius 3 is 2.50 bits per heavy atom. The largest absolute Gasteiger partial charge is 0.338 e. The van der Waals surface area contributed by atoms with Crippen LogP contribution in [0, 0.1) is 5.41 Å². The lowest BCUT2D eigenvalue weighted by Gasteiger charge is -2.22. The van der Waals surface area contributed by atoms with Crippen LogP contribution in [0.15, 0.2) is 29.2 Å². The molecule has 1 amide bonds. The van der Waals surface area contributed by atoms with Crippen LogP contribution in [0.2, 0.25) is 0 Å². The molecule has 2 rings (SSSR count). The third-order valence-corrected chi connectivity index (χ3v) is 6.32. The molecule has 7 heteroatoms. The summed E-state index contributed by atoms with van der Waals surface area (Å²) < 4.78 is 27.1. The van der Waals surface area contributed by atoms with E-state index in [4.69, 9.17) is 5.73 Å². The van der Waals surface area contributed by atoms with E-state index in [9.17, 15) is 13.2 Å². The molecule has 1 saturated heterocycles. The quantitative estimate of drug-likeness (QED) is 0.812. The average Bonchev–Trinajstić information content (AvgIpc) is 2.97. The summed E-state index contributed by atoms with van der Waals surface area (Å²) in [5.41, 5.74) is 6.25. The Balaban J connectivity index is 2.11. The van der Waals surface area contributed by atoms with Crippen molar-refractivity contribution >= 4 is 15.9 Å². The van der Waals surface area contributed by atoms with Crippen molar-refractivity contribution in [1.29, 1.82) is 0 Å². The van der Waals surface area contributed by atoms with E-state index in [0.29, 0.717) is 31.6 Å². The van der Waals surface area contributed by atoms with Crippen LogP contribution in [0.5, 0.6) is 0 Å². The van der Waals surface area contributed by atoms with Gasteiger partial charge in [0, 0.05) is 24.7 Å². The number of amides is 1. The molecule has 3 N–H and O–H groups in total. The van der Waals surface area contributed by atoms with Crippen LogP contribution in [-0.4, -0.2) is 44.9 Å². The Labute approximate surface area is 144 Å². The maximum absolute atomic E-state index is 12.6. The Kier molecular flexibility index (Phi) is 5.67. The van der Waals surface area contributed by atoms with Gasteiger partial charge in [-0.05, 0) is 56.0 Å². The van der Waals surface area contributed by atoms with E-state index in [-0.39, 0.29) is 22.3 Å². The topological polar surface area (TPSA) is 92.5 Å². The molecule has 1 aliphatic rings. The van der Waals surface area contributed by atoms with Gasteiger partial charge in [-0.1, -0.05) is 13.8 Å². The van der Waals surface area contributed by atoms with Crippen molar-refractivity contribution in [2.24, 2.45) is 11.1 Å². The normalized spacial score (nSPS) is 22.6. The highest BCUT2D eigenvalue weighted by molar-refractivity contribution is 7.89. The van der Waals surface area contributed by atoms with Gasteiger partial charge in [-0.2, -0.15) is 0 Å². The van der Waals surface area contributed by atoms with Crippen molar-refractivity contribution < 1.29 is 13.2 Å². The van der Waals surface area contributed by atoms with E-state index >= 15 is 0 Å². The Bertz CT molecular complexity index is 688. The van der Waals surface area contributed by atoms with E-state index in [0.717, 1.165) is 6.42 Å². The third-order valence-electron chi connectivity index (χ3n) is 4.72. The standard InChI is InChI=1S/C17H27N3O3S/c1-4-13(2)19-24(22,23)15-7-5-14(6-8-15)16(21)20-10-9-17(3,11-18)12-20/h5-8,13,19H,4,9-12,18H2,1-3H3. The molecule has 0 aromatic heterocycles. The van der Waals surface area contributed by atoms with Gasteiger partial charge in [0.1, 0.15) is 0 Å². The van der Waals surface area contributed by atoms with Crippen molar-refractivity contribution in [3.05, 3.63) is 29.8 Å². The fraction of sp³-hybridized carbons (Fsp3) is 0.588. The second-order valence-corrected chi connectivity index (χ2v) is 8.66. The van der Waals surface area contributed by atoms with Gasteiger partial charge >= 0.3 is 0 Å². The fourth-order valence-electron chi connectivity index (χ4n) is 2.74. The molecular formula is C17H27N3O3S. The van der Waals surface area contributed by atoms with Crippen LogP contribution in [0.25, 0.3) is 0 Å². The molecule has 1 aliphatic heterocycles. The molecule has 6 nitrogen and oxygen atoms in total. The van der Waals surface area contributed by atoms with Crippen LogP contribution in [0.1, 0.15) is 44.0 Å². The monoisotopic (exact) mass is 353 g/mol. The number of likely N-dealkylation sites (tertiary alicyclic amines) is 1. The molecule has 1 heterocycles. The lowest BCUT2D eigenvalue weighted by molar-refractivity contribution is 0.0777. The number of nitrogens with zero attached hydrogens (tertiary/aromatic N) is 1. The van der Waals surface area contributed by atoms with Gasteiger partial charge in [0.25, 0.3) is 5.91 Å². The minimum Gasteiger partial charge on any atom is -0.338 e. The van der Waals surface area contributed by atoms with Crippen molar-refractivity contribution in [1.82, 2.24) is 9.62 Å². The third kappa shape index (κ3) is 4.15. The Morgan fingerprint density at radius 1 is 1.38 bits per heavy atom. The van der Waals surface area contributed by atoms with E-state index in [1.165, 1.54) is 12.1 Å². The average molecular weight is 353 g/mol. The lowest BCUT2D eigenvalue weighted by Crippen LogP contribution is -2.34. The first-order chi connectivity index (χ1) is 11.2. The van der Waals surface area contributed by atoms with Gasteiger partial charge in [0.15, 0.2) is 0 Å². The summed E-state index contributed by atoms with van der Waals surface area (Å²) in [4.78, 5) is 14.5. The SMILES string of the molecule is CCC(C)NS(=O)(=O)c1ccc(C(=O)N2CCC(C)(CN)C2)cc1. The molecule has 2 atom stereocenters. The van der Waals surface area contributed by atoms with E-state index < -0.39 is 10.0 Å². The summed E-state index contributed by atoms with van der Waals surface area (Å²) in [7, 11) is -3.55. The van der Waals surface area contributed by atoms with Gasteiger partial charge in [0.2, 0.25) is 10.0 Å².